The summed E-state index contributed by atoms with van der Waals surface area (Å²) in [4.78, 5) is 5.15. The molecule has 5 nitrogen and oxygen atoms in total. The average molecular weight is 488 g/mol. The van der Waals surface area contributed by atoms with Crippen molar-refractivity contribution in [2.75, 3.05) is 38.7 Å². The van der Waals surface area contributed by atoms with Crippen LogP contribution in [0.3, 0.4) is 0 Å². The molecule has 36 heavy (non-hydrogen) atoms. The Hall–Kier alpha value is -3.02. The summed E-state index contributed by atoms with van der Waals surface area (Å²) in [5, 5.41) is 3.03. The van der Waals surface area contributed by atoms with Crippen LogP contribution in [0.1, 0.15) is 37.8 Å². The minimum Gasteiger partial charge on any atom is -0.497 e. The van der Waals surface area contributed by atoms with E-state index in [9.17, 15) is 0 Å². The van der Waals surface area contributed by atoms with Crippen molar-refractivity contribution in [2.24, 2.45) is 0 Å². The van der Waals surface area contributed by atoms with Crippen LogP contribution < -0.4 is 19.7 Å². The van der Waals surface area contributed by atoms with Gasteiger partial charge in [0.1, 0.15) is 18.1 Å². The van der Waals surface area contributed by atoms with Gasteiger partial charge in [0.05, 0.1) is 12.8 Å². The van der Waals surface area contributed by atoms with Gasteiger partial charge in [-0.3, -0.25) is 4.90 Å². The van der Waals surface area contributed by atoms with Crippen molar-refractivity contribution in [3.8, 4) is 11.5 Å². The number of para-hydroxylation sites is 3. The van der Waals surface area contributed by atoms with Gasteiger partial charge < -0.3 is 19.7 Å². The van der Waals surface area contributed by atoms with E-state index in [0.717, 1.165) is 31.0 Å². The van der Waals surface area contributed by atoms with Crippen LogP contribution in [0.15, 0.2) is 72.8 Å². The monoisotopic (exact) mass is 487 g/mol. The Bertz CT molecular complexity index is 1040. The quantitative estimate of drug-likeness (QED) is 0.439. The van der Waals surface area contributed by atoms with E-state index in [0.29, 0.717) is 18.7 Å². The minimum absolute atomic E-state index is 0.539. The number of rotatable bonds is 7. The molecule has 0 saturated carbocycles. The van der Waals surface area contributed by atoms with E-state index in [1.54, 1.807) is 7.11 Å². The lowest BCUT2D eigenvalue weighted by Gasteiger charge is -2.32. The van der Waals surface area contributed by atoms with Crippen LogP contribution in [0.4, 0.5) is 11.4 Å². The lowest BCUT2D eigenvalue weighted by Crippen LogP contribution is -2.39. The molecule has 0 aromatic heterocycles. The first-order valence-electron chi connectivity index (χ1n) is 13.2. The number of anilines is 2. The maximum atomic E-state index is 6.16. The second kappa shape index (κ2) is 12.8. The molecule has 1 N–H and O–H groups in total. The number of fused-ring (bicyclic) bond motifs is 2. The van der Waals surface area contributed by atoms with Crippen LogP contribution in [0.25, 0.3) is 0 Å². The molecular weight excluding hydrogens is 446 g/mol. The first kappa shape index (κ1) is 26.1. The fourth-order valence-corrected chi connectivity index (χ4v) is 4.85. The molecule has 5 rings (SSSR count). The van der Waals surface area contributed by atoms with Gasteiger partial charge in [-0.25, -0.2) is 0 Å². The maximum absolute atomic E-state index is 6.16. The molecule has 2 aliphatic heterocycles. The fourth-order valence-electron chi connectivity index (χ4n) is 4.85. The Morgan fingerprint density at radius 2 is 1.67 bits per heavy atom. The molecule has 5 heteroatoms. The molecule has 0 radical (unpaired) electrons. The number of benzene rings is 3. The number of hydrogen-bond donors (Lipinski definition) is 1. The Balaban J connectivity index is 0.000000556. The fraction of sp³-hybridized carbons (Fsp3) is 0.419. The number of nitrogens with one attached hydrogen (secondary N) is 1. The standard InChI is InChI=1S/C27H30N2O2.C4H11N/c1-30-24-14-12-21(13-15-24)16-18-28-17-6-8-23(28)19-29-25-9-3-2-7-22(25)20-31-27-11-5-4-10-26(27)29;1-4(2)5-3/h2-5,7,9-15,23H,6,8,16-20H2,1H3;4-5H,1-3H3/t23-;/m1./s1. The molecule has 3 aromatic carbocycles. The summed E-state index contributed by atoms with van der Waals surface area (Å²) in [7, 11) is 3.67. The van der Waals surface area contributed by atoms with E-state index in [4.69, 9.17) is 9.47 Å². The normalized spacial score (nSPS) is 16.9. The van der Waals surface area contributed by atoms with Gasteiger partial charge in [0.25, 0.3) is 0 Å². The zero-order chi connectivity index (χ0) is 25.3. The predicted octanol–water partition coefficient (Wildman–Crippen LogP) is 6.05. The number of methoxy groups -OCH3 is 1. The van der Waals surface area contributed by atoms with Crippen LogP contribution in [-0.2, 0) is 13.0 Å². The van der Waals surface area contributed by atoms with E-state index in [2.05, 4.69) is 102 Å². The van der Waals surface area contributed by atoms with Crippen molar-refractivity contribution >= 4 is 11.4 Å². The first-order chi connectivity index (χ1) is 17.6. The molecule has 0 aliphatic carbocycles. The summed E-state index contributed by atoms with van der Waals surface area (Å²) < 4.78 is 11.4. The van der Waals surface area contributed by atoms with Gasteiger partial charge in [-0.2, -0.15) is 0 Å². The van der Waals surface area contributed by atoms with Crippen molar-refractivity contribution in [3.05, 3.63) is 83.9 Å². The van der Waals surface area contributed by atoms with E-state index in [1.807, 2.05) is 7.05 Å². The summed E-state index contributed by atoms with van der Waals surface area (Å²) in [6, 6.07) is 26.8. The molecule has 3 aromatic rings. The molecule has 2 aliphatic rings. The second-order valence-corrected chi connectivity index (χ2v) is 9.87. The molecule has 0 amide bonds. The van der Waals surface area contributed by atoms with Crippen LogP contribution in [0, 0.1) is 0 Å². The zero-order valence-corrected chi connectivity index (χ0v) is 22.2. The zero-order valence-electron chi connectivity index (χ0n) is 22.2. The smallest absolute Gasteiger partial charge is 0.143 e. The van der Waals surface area contributed by atoms with Gasteiger partial charge in [0.15, 0.2) is 0 Å². The molecule has 0 unspecified atom stereocenters. The van der Waals surface area contributed by atoms with Crippen LogP contribution >= 0.6 is 0 Å². The highest BCUT2D eigenvalue weighted by Crippen LogP contribution is 2.40. The van der Waals surface area contributed by atoms with Gasteiger partial charge in [-0.05, 0) is 68.8 Å². The Kier molecular flexibility index (Phi) is 9.26. The van der Waals surface area contributed by atoms with Crippen molar-refractivity contribution in [1.29, 1.82) is 0 Å². The third-order valence-corrected chi connectivity index (χ3v) is 7.14. The third kappa shape index (κ3) is 6.59. The first-order valence-corrected chi connectivity index (χ1v) is 13.2. The predicted molar refractivity (Wildman–Crippen MR) is 150 cm³/mol. The number of ether oxygens (including phenoxy) is 2. The number of likely N-dealkylation sites (tertiary alicyclic amines) is 1. The molecule has 1 fully saturated rings. The van der Waals surface area contributed by atoms with Crippen LogP contribution in [-0.4, -0.2) is 50.8 Å². The van der Waals surface area contributed by atoms with E-state index in [1.165, 1.54) is 41.9 Å². The number of hydrogen-bond acceptors (Lipinski definition) is 5. The largest absolute Gasteiger partial charge is 0.497 e. The summed E-state index contributed by atoms with van der Waals surface area (Å²) in [6.45, 7) is 8.09. The van der Waals surface area contributed by atoms with Gasteiger partial charge >= 0.3 is 0 Å². The molecular formula is C31H41N3O2. The molecule has 1 atom stereocenters. The molecule has 0 spiro atoms. The minimum atomic E-state index is 0.539. The Morgan fingerprint density at radius 3 is 2.39 bits per heavy atom. The van der Waals surface area contributed by atoms with E-state index >= 15 is 0 Å². The maximum Gasteiger partial charge on any atom is 0.143 e. The second-order valence-electron chi connectivity index (χ2n) is 9.87. The van der Waals surface area contributed by atoms with Crippen molar-refractivity contribution in [3.63, 3.8) is 0 Å². The third-order valence-electron chi connectivity index (χ3n) is 7.14. The van der Waals surface area contributed by atoms with Gasteiger partial charge in [-0.15, -0.1) is 0 Å². The summed E-state index contributed by atoms with van der Waals surface area (Å²) in [5.74, 6) is 1.89. The van der Waals surface area contributed by atoms with Gasteiger partial charge in [0, 0.05) is 36.4 Å². The van der Waals surface area contributed by atoms with Crippen molar-refractivity contribution in [2.45, 2.75) is 51.8 Å². The van der Waals surface area contributed by atoms with Crippen LogP contribution in [0.2, 0.25) is 0 Å². The van der Waals surface area contributed by atoms with E-state index < -0.39 is 0 Å². The molecule has 0 bridgehead atoms. The highest BCUT2D eigenvalue weighted by molar-refractivity contribution is 5.72. The molecule has 2 heterocycles. The van der Waals surface area contributed by atoms with Crippen LogP contribution in [0.5, 0.6) is 11.5 Å². The number of nitrogens with zero attached hydrogens (tertiary/aromatic N) is 2. The highest BCUT2D eigenvalue weighted by Gasteiger charge is 2.29. The summed E-state index contributed by atoms with van der Waals surface area (Å²) >= 11 is 0. The SMILES string of the molecule is CNC(C)C.COc1ccc(CCN2CCC[C@@H]2CN2c3ccccc3COc3ccccc32)cc1. The average Bonchev–Trinajstić information content (AvgIpc) is 3.30. The Morgan fingerprint density at radius 1 is 0.972 bits per heavy atom. The Labute approximate surface area is 217 Å². The van der Waals surface area contributed by atoms with E-state index in [-0.39, 0.29) is 0 Å². The summed E-state index contributed by atoms with van der Waals surface area (Å²) in [5.41, 5.74) is 5.07. The van der Waals surface area contributed by atoms with Crippen molar-refractivity contribution in [1.82, 2.24) is 10.2 Å². The molecule has 192 valence electrons. The highest BCUT2D eigenvalue weighted by atomic mass is 16.5. The van der Waals surface area contributed by atoms with Crippen molar-refractivity contribution < 1.29 is 9.47 Å². The topological polar surface area (TPSA) is 37.0 Å². The lowest BCUT2D eigenvalue weighted by atomic mass is 10.1. The van der Waals surface area contributed by atoms with Gasteiger partial charge in [-0.1, -0.05) is 56.3 Å². The molecule has 1 saturated heterocycles. The van der Waals surface area contributed by atoms with Gasteiger partial charge in [0.2, 0.25) is 0 Å². The summed E-state index contributed by atoms with van der Waals surface area (Å²) in [6.07, 6.45) is 3.57. The lowest BCUT2D eigenvalue weighted by molar-refractivity contribution is 0.261.